The quantitative estimate of drug-likeness (QED) is 0.818. The molecule has 0 spiro atoms. The average Bonchev–Trinajstić information content (AvgIpc) is 2.40. The molecule has 0 radical (unpaired) electrons. The Kier molecular flexibility index (Phi) is 3.76. The Hall–Kier alpha value is -3.07. The van der Waals surface area contributed by atoms with Crippen LogP contribution in [0.1, 0.15) is 22.4 Å². The summed E-state index contributed by atoms with van der Waals surface area (Å²) >= 11 is 0. The second-order valence-electron chi connectivity index (χ2n) is 4.56. The van der Waals surface area contributed by atoms with Gasteiger partial charge in [0.05, 0.1) is 6.21 Å². The van der Waals surface area contributed by atoms with E-state index in [0.717, 1.165) is 4.68 Å². The second kappa shape index (κ2) is 5.51. The predicted molar refractivity (Wildman–Crippen MR) is 77.7 cm³/mol. The highest BCUT2D eigenvalue weighted by molar-refractivity contribution is 5.83. The van der Waals surface area contributed by atoms with Crippen molar-refractivity contribution < 1.29 is 10.2 Å². The van der Waals surface area contributed by atoms with Crippen LogP contribution in [0.3, 0.4) is 0 Å². The third-order valence-electron chi connectivity index (χ3n) is 3.00. The summed E-state index contributed by atoms with van der Waals surface area (Å²) in [5.41, 5.74) is 1.04. The van der Waals surface area contributed by atoms with Crippen LogP contribution in [-0.2, 0) is 0 Å². The van der Waals surface area contributed by atoms with Gasteiger partial charge in [-0.1, -0.05) is 0 Å². The van der Waals surface area contributed by atoms with Gasteiger partial charge in [0.1, 0.15) is 23.1 Å². The highest BCUT2D eigenvalue weighted by atomic mass is 16.3. The van der Waals surface area contributed by atoms with E-state index in [0.29, 0.717) is 16.8 Å². The molecule has 0 bridgehead atoms. The van der Waals surface area contributed by atoms with Crippen LogP contribution in [0.25, 0.3) is 0 Å². The molecule has 2 aromatic rings. The van der Waals surface area contributed by atoms with Gasteiger partial charge in [0.2, 0.25) is 0 Å². The van der Waals surface area contributed by atoms with Crippen molar-refractivity contribution in [3.63, 3.8) is 0 Å². The first-order valence-electron chi connectivity index (χ1n) is 6.13. The van der Waals surface area contributed by atoms with E-state index in [1.54, 1.807) is 19.9 Å². The number of aromatic hydroxyl groups is 2. The molecule has 0 aliphatic heterocycles. The first-order valence-corrected chi connectivity index (χ1v) is 6.13. The number of hydrogen-bond acceptors (Lipinski definition) is 5. The first kappa shape index (κ1) is 14.3. The second-order valence-corrected chi connectivity index (χ2v) is 4.56. The van der Waals surface area contributed by atoms with Crippen LogP contribution in [0.4, 0.5) is 0 Å². The van der Waals surface area contributed by atoms with Gasteiger partial charge < -0.3 is 10.2 Å². The predicted octanol–water partition coefficient (Wildman–Crippen LogP) is 1.63. The van der Waals surface area contributed by atoms with Crippen LogP contribution in [0.15, 0.2) is 34.2 Å². The molecule has 0 fully saturated rings. The van der Waals surface area contributed by atoms with Crippen LogP contribution in [0.5, 0.6) is 11.5 Å². The molecule has 1 aromatic heterocycles. The van der Waals surface area contributed by atoms with E-state index in [1.807, 2.05) is 6.07 Å². The fourth-order valence-electron chi connectivity index (χ4n) is 1.92. The van der Waals surface area contributed by atoms with Gasteiger partial charge in [-0.15, -0.1) is 0 Å². The van der Waals surface area contributed by atoms with E-state index >= 15 is 0 Å². The summed E-state index contributed by atoms with van der Waals surface area (Å²) < 4.78 is 1.10. The molecule has 21 heavy (non-hydrogen) atoms. The maximum absolute atomic E-state index is 12.1. The number of benzene rings is 1. The van der Waals surface area contributed by atoms with Gasteiger partial charge in [0, 0.05) is 17.3 Å². The topological polar surface area (TPSA) is 98.6 Å². The van der Waals surface area contributed by atoms with Gasteiger partial charge in [0.15, 0.2) is 0 Å². The number of phenols is 2. The Balaban J connectivity index is 2.52. The SMILES string of the molecule is Cc1cc(C)n(/N=C\c2ccc(O)cc2O)c(=O)c1C#N. The fourth-order valence-corrected chi connectivity index (χ4v) is 1.92. The van der Waals surface area contributed by atoms with Gasteiger partial charge >= 0.3 is 0 Å². The number of nitrogens with zero attached hydrogens (tertiary/aromatic N) is 3. The summed E-state index contributed by atoms with van der Waals surface area (Å²) in [5.74, 6) is -0.225. The van der Waals surface area contributed by atoms with Gasteiger partial charge in [-0.05, 0) is 37.6 Å². The minimum absolute atomic E-state index is 0.0349. The zero-order chi connectivity index (χ0) is 15.6. The summed E-state index contributed by atoms with van der Waals surface area (Å²) in [6, 6.07) is 7.58. The molecule has 6 nitrogen and oxygen atoms in total. The van der Waals surface area contributed by atoms with Crippen molar-refractivity contribution in [3.8, 4) is 17.6 Å². The number of aromatic nitrogens is 1. The number of rotatable bonds is 2. The van der Waals surface area contributed by atoms with Crippen LogP contribution in [0, 0.1) is 25.2 Å². The Morgan fingerprint density at radius 1 is 1.29 bits per heavy atom. The van der Waals surface area contributed by atoms with E-state index in [-0.39, 0.29) is 17.1 Å². The Labute approximate surface area is 120 Å². The van der Waals surface area contributed by atoms with E-state index in [4.69, 9.17) is 5.26 Å². The summed E-state index contributed by atoms with van der Waals surface area (Å²) in [6.45, 7) is 3.39. The first-order chi connectivity index (χ1) is 9.93. The minimum atomic E-state index is -0.510. The molecule has 0 unspecified atom stereocenters. The zero-order valence-corrected chi connectivity index (χ0v) is 11.5. The Morgan fingerprint density at radius 3 is 2.62 bits per heavy atom. The van der Waals surface area contributed by atoms with Crippen LogP contribution in [-0.4, -0.2) is 21.1 Å². The van der Waals surface area contributed by atoms with Crippen LogP contribution in [0.2, 0.25) is 0 Å². The fraction of sp³-hybridized carbons (Fsp3) is 0.133. The normalized spacial score (nSPS) is 10.7. The highest BCUT2D eigenvalue weighted by Gasteiger charge is 2.09. The largest absolute Gasteiger partial charge is 0.508 e. The van der Waals surface area contributed by atoms with Crippen molar-refractivity contribution in [2.45, 2.75) is 13.8 Å². The maximum atomic E-state index is 12.1. The van der Waals surface area contributed by atoms with Crippen molar-refractivity contribution in [2.24, 2.45) is 5.10 Å². The summed E-state index contributed by atoms with van der Waals surface area (Å²) in [6.07, 6.45) is 1.29. The highest BCUT2D eigenvalue weighted by Crippen LogP contribution is 2.20. The van der Waals surface area contributed by atoms with Crippen molar-refractivity contribution in [1.29, 1.82) is 5.26 Å². The van der Waals surface area contributed by atoms with E-state index in [1.165, 1.54) is 24.4 Å². The molecule has 0 atom stereocenters. The van der Waals surface area contributed by atoms with Crippen LogP contribution >= 0.6 is 0 Å². The summed E-state index contributed by atoms with van der Waals surface area (Å²) in [5, 5.41) is 31.9. The molecule has 1 aromatic carbocycles. The summed E-state index contributed by atoms with van der Waals surface area (Å²) in [4.78, 5) is 12.1. The lowest BCUT2D eigenvalue weighted by molar-refractivity contribution is 0.450. The van der Waals surface area contributed by atoms with E-state index < -0.39 is 5.56 Å². The molecule has 0 saturated heterocycles. The van der Waals surface area contributed by atoms with Gasteiger partial charge in [-0.2, -0.15) is 10.4 Å². The molecule has 106 valence electrons. The molecular weight excluding hydrogens is 270 g/mol. The van der Waals surface area contributed by atoms with Gasteiger partial charge in [-0.25, -0.2) is 4.68 Å². The Morgan fingerprint density at radius 2 is 2.00 bits per heavy atom. The van der Waals surface area contributed by atoms with E-state index in [9.17, 15) is 15.0 Å². The third kappa shape index (κ3) is 2.77. The lowest BCUT2D eigenvalue weighted by Gasteiger charge is -2.06. The van der Waals surface area contributed by atoms with Gasteiger partial charge in [-0.3, -0.25) is 4.79 Å². The van der Waals surface area contributed by atoms with Crippen molar-refractivity contribution in [3.05, 3.63) is 57.0 Å². The molecule has 6 heteroatoms. The zero-order valence-electron chi connectivity index (χ0n) is 11.5. The molecule has 0 amide bonds. The van der Waals surface area contributed by atoms with Gasteiger partial charge in [0.25, 0.3) is 5.56 Å². The minimum Gasteiger partial charge on any atom is -0.508 e. The number of phenolic OH excluding ortho intramolecular Hbond substituents is 2. The molecule has 0 saturated carbocycles. The molecule has 0 aliphatic carbocycles. The molecule has 2 N–H and O–H groups in total. The van der Waals surface area contributed by atoms with Crippen molar-refractivity contribution >= 4 is 6.21 Å². The lowest BCUT2D eigenvalue weighted by Crippen LogP contribution is -2.22. The molecule has 0 aliphatic rings. The summed E-state index contributed by atoms with van der Waals surface area (Å²) in [7, 11) is 0. The molecule has 2 rings (SSSR count). The number of nitriles is 1. The molecular formula is C15H13N3O3. The number of aryl methyl sites for hydroxylation is 2. The third-order valence-corrected chi connectivity index (χ3v) is 3.00. The van der Waals surface area contributed by atoms with Crippen molar-refractivity contribution in [2.75, 3.05) is 0 Å². The number of pyridine rings is 1. The van der Waals surface area contributed by atoms with Crippen LogP contribution < -0.4 is 5.56 Å². The smallest absolute Gasteiger partial charge is 0.289 e. The monoisotopic (exact) mass is 283 g/mol. The number of hydrogen-bond donors (Lipinski definition) is 2. The molecule has 1 heterocycles. The maximum Gasteiger partial charge on any atom is 0.289 e. The van der Waals surface area contributed by atoms with E-state index in [2.05, 4.69) is 5.10 Å². The standard InChI is InChI=1S/C15H13N3O3/c1-9-5-10(2)18(15(21)13(9)7-16)17-8-11-3-4-12(19)6-14(11)20/h3-6,8,19-20H,1-2H3/b17-8-. The van der Waals surface area contributed by atoms with Crippen molar-refractivity contribution in [1.82, 2.24) is 4.68 Å². The Bertz CT molecular complexity index is 829. The lowest BCUT2D eigenvalue weighted by atomic mass is 10.1. The average molecular weight is 283 g/mol.